The number of piperazine rings is 1. The van der Waals surface area contributed by atoms with Gasteiger partial charge in [0.25, 0.3) is 5.56 Å². The van der Waals surface area contributed by atoms with Crippen LogP contribution in [0.4, 0.5) is 18.9 Å². The van der Waals surface area contributed by atoms with Crippen molar-refractivity contribution in [2.75, 3.05) is 37.6 Å². The number of rotatable bonds is 5. The molecule has 2 aromatic carbocycles. The standard InChI is InChI=1S/C22H23F3N4O2/c23-22(24,25)16-5-3-6-17(15-16)28-13-11-27(12-14-28)9-4-10-29-20(30)18-7-1-2-8-19(18)26-21(29)31/h1-3,5-8,15H,4,9-14H2,(H,26,31). The molecule has 164 valence electrons. The van der Waals surface area contributed by atoms with Gasteiger partial charge in [-0.25, -0.2) is 4.79 Å². The minimum Gasteiger partial charge on any atom is -0.369 e. The molecule has 9 heteroatoms. The summed E-state index contributed by atoms with van der Waals surface area (Å²) >= 11 is 0. The molecule has 4 rings (SSSR count). The molecule has 31 heavy (non-hydrogen) atoms. The van der Waals surface area contributed by atoms with Gasteiger partial charge in [-0.1, -0.05) is 18.2 Å². The monoisotopic (exact) mass is 432 g/mol. The maximum absolute atomic E-state index is 12.9. The van der Waals surface area contributed by atoms with Crippen LogP contribution in [0.15, 0.2) is 58.1 Å². The molecular weight excluding hydrogens is 409 g/mol. The van der Waals surface area contributed by atoms with Crippen molar-refractivity contribution < 1.29 is 13.2 Å². The molecule has 0 spiro atoms. The largest absolute Gasteiger partial charge is 0.416 e. The van der Waals surface area contributed by atoms with Crippen LogP contribution < -0.4 is 16.1 Å². The lowest BCUT2D eigenvalue weighted by Gasteiger charge is -2.36. The first-order valence-corrected chi connectivity index (χ1v) is 10.2. The zero-order chi connectivity index (χ0) is 22.0. The number of nitrogens with one attached hydrogen (secondary N) is 1. The zero-order valence-corrected chi connectivity index (χ0v) is 16.9. The van der Waals surface area contributed by atoms with Crippen molar-refractivity contribution in [3.8, 4) is 0 Å². The molecular formula is C22H23F3N4O2. The van der Waals surface area contributed by atoms with E-state index in [-0.39, 0.29) is 5.56 Å². The van der Waals surface area contributed by atoms with Gasteiger partial charge in [0.05, 0.1) is 16.5 Å². The summed E-state index contributed by atoms with van der Waals surface area (Å²) in [7, 11) is 0. The van der Waals surface area contributed by atoms with E-state index in [9.17, 15) is 22.8 Å². The summed E-state index contributed by atoms with van der Waals surface area (Å²) in [4.78, 5) is 31.7. The van der Waals surface area contributed by atoms with Crippen LogP contribution in [0, 0.1) is 0 Å². The summed E-state index contributed by atoms with van der Waals surface area (Å²) in [6.45, 7) is 3.68. The van der Waals surface area contributed by atoms with Gasteiger partial charge in [-0.05, 0) is 43.3 Å². The maximum Gasteiger partial charge on any atom is 0.416 e. The minimum absolute atomic E-state index is 0.297. The molecule has 1 aliphatic heterocycles. The topological polar surface area (TPSA) is 61.3 Å². The zero-order valence-electron chi connectivity index (χ0n) is 16.9. The normalized spacial score (nSPS) is 15.5. The molecule has 0 saturated carbocycles. The van der Waals surface area contributed by atoms with E-state index < -0.39 is 17.4 Å². The highest BCUT2D eigenvalue weighted by Gasteiger charge is 2.31. The first kappa shape index (κ1) is 21.2. The quantitative estimate of drug-likeness (QED) is 0.674. The van der Waals surface area contributed by atoms with Crippen LogP contribution in [-0.2, 0) is 12.7 Å². The van der Waals surface area contributed by atoms with Crippen LogP contribution in [-0.4, -0.2) is 47.2 Å². The second-order valence-corrected chi connectivity index (χ2v) is 7.66. The van der Waals surface area contributed by atoms with Gasteiger partial charge in [0, 0.05) is 38.4 Å². The Morgan fingerprint density at radius 3 is 2.39 bits per heavy atom. The van der Waals surface area contributed by atoms with E-state index in [2.05, 4.69) is 9.88 Å². The summed E-state index contributed by atoms with van der Waals surface area (Å²) in [5.41, 5.74) is -0.256. The number of alkyl halides is 3. The Labute approximate surface area is 176 Å². The summed E-state index contributed by atoms with van der Waals surface area (Å²) in [6.07, 6.45) is -3.72. The van der Waals surface area contributed by atoms with E-state index >= 15 is 0 Å². The third-order valence-electron chi connectivity index (χ3n) is 5.66. The molecule has 1 saturated heterocycles. The van der Waals surface area contributed by atoms with Crippen molar-refractivity contribution in [3.63, 3.8) is 0 Å². The Morgan fingerprint density at radius 2 is 1.65 bits per heavy atom. The van der Waals surface area contributed by atoms with E-state index in [4.69, 9.17) is 0 Å². The predicted octanol–water partition coefficient (Wildman–Crippen LogP) is 2.92. The van der Waals surface area contributed by atoms with Gasteiger partial charge < -0.3 is 9.88 Å². The molecule has 1 aliphatic rings. The van der Waals surface area contributed by atoms with Crippen LogP contribution in [0.1, 0.15) is 12.0 Å². The molecule has 0 aliphatic carbocycles. The summed E-state index contributed by atoms with van der Waals surface area (Å²) in [5.74, 6) is 0. The van der Waals surface area contributed by atoms with Crippen molar-refractivity contribution in [2.45, 2.75) is 19.1 Å². The van der Waals surface area contributed by atoms with Gasteiger partial charge >= 0.3 is 11.9 Å². The summed E-state index contributed by atoms with van der Waals surface area (Å²) in [6, 6.07) is 12.3. The lowest BCUT2D eigenvalue weighted by molar-refractivity contribution is -0.137. The first-order valence-electron chi connectivity index (χ1n) is 10.2. The van der Waals surface area contributed by atoms with Crippen molar-refractivity contribution in [2.24, 2.45) is 0 Å². The van der Waals surface area contributed by atoms with Gasteiger partial charge in [-0.2, -0.15) is 13.2 Å². The molecule has 0 bridgehead atoms. The molecule has 1 N–H and O–H groups in total. The number of aromatic nitrogens is 2. The Bertz CT molecular complexity index is 1180. The fourth-order valence-electron chi connectivity index (χ4n) is 3.96. The predicted molar refractivity (Wildman–Crippen MR) is 114 cm³/mol. The fourth-order valence-corrected chi connectivity index (χ4v) is 3.96. The lowest BCUT2D eigenvalue weighted by atomic mass is 10.1. The van der Waals surface area contributed by atoms with Gasteiger partial charge in [-0.15, -0.1) is 0 Å². The van der Waals surface area contributed by atoms with E-state index in [0.29, 0.717) is 62.3 Å². The number of hydrogen-bond acceptors (Lipinski definition) is 4. The molecule has 3 aromatic rings. The second-order valence-electron chi connectivity index (χ2n) is 7.66. The number of para-hydroxylation sites is 1. The highest BCUT2D eigenvalue weighted by molar-refractivity contribution is 5.76. The van der Waals surface area contributed by atoms with Gasteiger partial charge in [0.2, 0.25) is 0 Å². The van der Waals surface area contributed by atoms with Gasteiger partial charge in [0.1, 0.15) is 0 Å². The van der Waals surface area contributed by atoms with Crippen LogP contribution in [0.25, 0.3) is 10.9 Å². The molecule has 0 atom stereocenters. The van der Waals surface area contributed by atoms with E-state index in [0.717, 1.165) is 6.07 Å². The fraction of sp³-hybridized carbons (Fsp3) is 0.364. The number of benzene rings is 2. The smallest absolute Gasteiger partial charge is 0.369 e. The van der Waals surface area contributed by atoms with Crippen molar-refractivity contribution in [1.29, 1.82) is 0 Å². The SMILES string of the molecule is O=c1[nH]c2ccccc2c(=O)n1CCCN1CCN(c2cccc(C(F)(F)F)c2)CC1. The number of fused-ring (bicyclic) bond motifs is 1. The van der Waals surface area contributed by atoms with Gasteiger partial charge in [-0.3, -0.25) is 14.3 Å². The Morgan fingerprint density at radius 1 is 0.903 bits per heavy atom. The number of H-pyrrole nitrogens is 1. The average Bonchev–Trinajstić information content (AvgIpc) is 2.76. The van der Waals surface area contributed by atoms with Crippen LogP contribution in [0.5, 0.6) is 0 Å². The number of anilines is 1. The van der Waals surface area contributed by atoms with E-state index in [1.54, 1.807) is 30.3 Å². The highest BCUT2D eigenvalue weighted by atomic mass is 19.4. The van der Waals surface area contributed by atoms with E-state index in [1.807, 2.05) is 4.90 Å². The molecule has 1 aromatic heterocycles. The number of halogens is 3. The molecule has 1 fully saturated rings. The highest BCUT2D eigenvalue weighted by Crippen LogP contribution is 2.31. The average molecular weight is 432 g/mol. The molecule has 2 heterocycles. The Kier molecular flexibility index (Phi) is 5.86. The summed E-state index contributed by atoms with van der Waals surface area (Å²) < 4.78 is 40.1. The van der Waals surface area contributed by atoms with Crippen molar-refractivity contribution in [3.05, 3.63) is 74.9 Å². The molecule has 6 nitrogen and oxygen atoms in total. The van der Waals surface area contributed by atoms with Crippen LogP contribution in [0.3, 0.4) is 0 Å². The number of hydrogen-bond donors (Lipinski definition) is 1. The third-order valence-corrected chi connectivity index (χ3v) is 5.66. The maximum atomic E-state index is 12.9. The van der Waals surface area contributed by atoms with Gasteiger partial charge in [0.15, 0.2) is 0 Å². The van der Waals surface area contributed by atoms with E-state index in [1.165, 1.54) is 16.7 Å². The molecule has 0 unspecified atom stereocenters. The molecule has 0 radical (unpaired) electrons. The first-order chi connectivity index (χ1) is 14.8. The Hall–Kier alpha value is -3.07. The number of nitrogens with zero attached hydrogens (tertiary/aromatic N) is 3. The number of aromatic amines is 1. The van der Waals surface area contributed by atoms with Crippen LogP contribution >= 0.6 is 0 Å². The summed E-state index contributed by atoms with van der Waals surface area (Å²) in [5, 5.41) is 0.483. The minimum atomic E-state index is -4.35. The second kappa shape index (κ2) is 8.58. The Balaban J connectivity index is 1.33. The van der Waals surface area contributed by atoms with Crippen LogP contribution in [0.2, 0.25) is 0 Å². The lowest BCUT2D eigenvalue weighted by Crippen LogP contribution is -2.47. The van der Waals surface area contributed by atoms with Crippen molar-refractivity contribution >= 4 is 16.6 Å². The van der Waals surface area contributed by atoms with Crippen molar-refractivity contribution in [1.82, 2.24) is 14.5 Å². The third kappa shape index (κ3) is 4.66. The molecule has 0 amide bonds.